The van der Waals surface area contributed by atoms with Gasteiger partial charge in [-0.3, -0.25) is 19.4 Å². The molecular weight excluding hydrogens is 306 g/mol. The van der Waals surface area contributed by atoms with Gasteiger partial charge in [-0.2, -0.15) is 0 Å². The van der Waals surface area contributed by atoms with Gasteiger partial charge in [-0.15, -0.1) is 0 Å². The topological polar surface area (TPSA) is 72.5 Å². The summed E-state index contributed by atoms with van der Waals surface area (Å²) in [5, 5.41) is 0. The van der Waals surface area contributed by atoms with Crippen molar-refractivity contribution in [3.63, 3.8) is 0 Å². The smallest absolute Gasteiger partial charge is 0.251 e. The van der Waals surface area contributed by atoms with Gasteiger partial charge in [0, 0.05) is 57.8 Å². The van der Waals surface area contributed by atoms with Crippen LogP contribution in [0.1, 0.15) is 30.8 Å². The third kappa shape index (κ3) is 3.52. The van der Waals surface area contributed by atoms with Crippen molar-refractivity contribution in [1.82, 2.24) is 24.7 Å². The molecule has 3 heterocycles. The quantitative estimate of drug-likeness (QED) is 0.837. The summed E-state index contributed by atoms with van der Waals surface area (Å²) in [6.07, 6.45) is 2.49. The number of nitrogens with one attached hydrogen (secondary N) is 1. The highest BCUT2D eigenvalue weighted by atomic mass is 16.2. The lowest BCUT2D eigenvalue weighted by molar-refractivity contribution is -0.129. The zero-order valence-electron chi connectivity index (χ0n) is 14.8. The van der Waals surface area contributed by atoms with E-state index in [4.69, 9.17) is 0 Å². The molecule has 0 aromatic carbocycles. The zero-order chi connectivity index (χ0) is 17.3. The van der Waals surface area contributed by atoms with Crippen LogP contribution in [0.15, 0.2) is 10.9 Å². The van der Waals surface area contributed by atoms with E-state index in [0.29, 0.717) is 18.8 Å². The molecule has 1 spiro atoms. The molecule has 3 rings (SSSR count). The Bertz CT molecular complexity index is 673. The highest BCUT2D eigenvalue weighted by molar-refractivity contribution is 5.76. The van der Waals surface area contributed by atoms with Gasteiger partial charge in [0.2, 0.25) is 5.91 Å². The average Bonchev–Trinajstić information content (AvgIpc) is 2.65. The van der Waals surface area contributed by atoms with Gasteiger partial charge < -0.3 is 9.88 Å². The molecule has 0 aliphatic carbocycles. The lowest BCUT2D eigenvalue weighted by Gasteiger charge is -2.49. The van der Waals surface area contributed by atoms with Crippen LogP contribution in [0.4, 0.5) is 0 Å². The molecule has 0 bridgehead atoms. The number of hydrogen-bond acceptors (Lipinski definition) is 5. The van der Waals surface area contributed by atoms with Gasteiger partial charge in [-0.25, -0.2) is 4.98 Å². The Labute approximate surface area is 142 Å². The minimum absolute atomic E-state index is 0.0366. The van der Waals surface area contributed by atoms with Crippen LogP contribution in [0.2, 0.25) is 0 Å². The molecule has 2 saturated heterocycles. The molecular formula is C17H27N5O2. The Kier molecular flexibility index (Phi) is 4.73. The molecule has 1 unspecified atom stereocenters. The summed E-state index contributed by atoms with van der Waals surface area (Å²) in [6.45, 7) is 6.14. The van der Waals surface area contributed by atoms with Crippen LogP contribution in [0.25, 0.3) is 0 Å². The molecule has 24 heavy (non-hydrogen) atoms. The molecule has 1 amide bonds. The summed E-state index contributed by atoms with van der Waals surface area (Å²) in [5.74, 6) is 0.896. The summed E-state index contributed by atoms with van der Waals surface area (Å²) in [7, 11) is 4.06. The summed E-state index contributed by atoms with van der Waals surface area (Å²) < 4.78 is 0. The van der Waals surface area contributed by atoms with E-state index in [1.165, 1.54) is 0 Å². The van der Waals surface area contributed by atoms with E-state index in [2.05, 4.69) is 26.8 Å². The molecule has 7 nitrogen and oxygen atoms in total. The van der Waals surface area contributed by atoms with Crippen molar-refractivity contribution in [3.8, 4) is 0 Å². The lowest BCUT2D eigenvalue weighted by Crippen LogP contribution is -2.60. The summed E-state index contributed by atoms with van der Waals surface area (Å²) in [5.41, 5.74) is 0.760. The molecule has 1 aromatic rings. The second kappa shape index (κ2) is 6.64. The monoisotopic (exact) mass is 333 g/mol. The number of likely N-dealkylation sites (tertiary alicyclic amines) is 1. The number of hydrogen-bond donors (Lipinski definition) is 1. The predicted octanol–water partition coefficient (Wildman–Crippen LogP) is 0.207. The maximum Gasteiger partial charge on any atom is 0.251 e. The Morgan fingerprint density at radius 1 is 1.21 bits per heavy atom. The fourth-order valence-electron chi connectivity index (χ4n) is 3.93. The molecule has 2 fully saturated rings. The fraction of sp³-hybridized carbons (Fsp3) is 0.706. The molecule has 2 aliphatic rings. The second-order valence-electron chi connectivity index (χ2n) is 7.24. The van der Waals surface area contributed by atoms with Gasteiger partial charge in [-0.1, -0.05) is 0 Å². The number of amides is 1. The van der Waals surface area contributed by atoms with Crippen molar-refractivity contribution in [3.05, 3.63) is 27.9 Å². The van der Waals surface area contributed by atoms with Crippen molar-refractivity contribution >= 4 is 5.91 Å². The van der Waals surface area contributed by atoms with E-state index in [1.807, 2.05) is 18.9 Å². The van der Waals surface area contributed by atoms with Crippen LogP contribution in [-0.2, 0) is 11.3 Å². The Morgan fingerprint density at radius 2 is 2.00 bits per heavy atom. The Hall–Kier alpha value is -1.73. The van der Waals surface area contributed by atoms with Gasteiger partial charge >= 0.3 is 0 Å². The number of aromatic amines is 1. The lowest BCUT2D eigenvalue weighted by atomic mass is 9.86. The van der Waals surface area contributed by atoms with Crippen molar-refractivity contribution in [2.24, 2.45) is 0 Å². The zero-order valence-corrected chi connectivity index (χ0v) is 14.8. The second-order valence-corrected chi connectivity index (χ2v) is 7.24. The molecule has 0 radical (unpaired) electrons. The summed E-state index contributed by atoms with van der Waals surface area (Å²) >= 11 is 0. The molecule has 2 aliphatic heterocycles. The van der Waals surface area contributed by atoms with Crippen LogP contribution in [0, 0.1) is 6.92 Å². The maximum atomic E-state index is 12.0. The SMILES string of the molecule is Cc1nc(CN2CCN(C)C3(CCC(=O)N(C)CC3)C2)cc(=O)[nH]1. The van der Waals surface area contributed by atoms with Gasteiger partial charge in [0.05, 0.1) is 5.69 Å². The molecule has 1 N–H and O–H groups in total. The Balaban J connectivity index is 1.75. The number of carbonyl (C=O) groups is 1. The fourth-order valence-corrected chi connectivity index (χ4v) is 3.93. The van der Waals surface area contributed by atoms with Gasteiger partial charge in [-0.05, 0) is 26.8 Å². The van der Waals surface area contributed by atoms with E-state index in [0.717, 1.165) is 44.7 Å². The van der Waals surface area contributed by atoms with Crippen molar-refractivity contribution < 1.29 is 4.79 Å². The standard InChI is InChI=1S/C17H27N5O2/c1-13-18-14(10-15(23)19-13)11-22-9-8-21(3)17(12-22)5-4-16(24)20(2)7-6-17/h10H,4-9,11-12H2,1-3H3,(H,18,19,23). The third-order valence-electron chi connectivity index (χ3n) is 5.52. The average molecular weight is 333 g/mol. The predicted molar refractivity (Wildman–Crippen MR) is 91.7 cm³/mol. The first-order valence-corrected chi connectivity index (χ1v) is 8.62. The summed E-state index contributed by atoms with van der Waals surface area (Å²) in [4.78, 5) is 37.5. The molecule has 132 valence electrons. The third-order valence-corrected chi connectivity index (χ3v) is 5.52. The number of rotatable bonds is 2. The van der Waals surface area contributed by atoms with Crippen LogP contribution < -0.4 is 5.56 Å². The molecule has 0 saturated carbocycles. The van der Waals surface area contributed by atoms with Crippen LogP contribution in [0.5, 0.6) is 0 Å². The van der Waals surface area contributed by atoms with Crippen LogP contribution in [0.3, 0.4) is 0 Å². The highest BCUT2D eigenvalue weighted by Crippen LogP contribution is 2.32. The first-order chi connectivity index (χ1) is 11.4. The minimum Gasteiger partial charge on any atom is -0.346 e. The number of nitrogens with zero attached hydrogens (tertiary/aromatic N) is 4. The molecule has 7 heteroatoms. The number of likely N-dealkylation sites (N-methyl/N-ethyl adjacent to an activating group) is 1. The number of carbonyl (C=O) groups excluding carboxylic acids is 1. The van der Waals surface area contributed by atoms with Gasteiger partial charge in [0.25, 0.3) is 5.56 Å². The van der Waals surface area contributed by atoms with Crippen molar-refractivity contribution in [2.45, 2.75) is 38.3 Å². The van der Waals surface area contributed by atoms with Crippen LogP contribution in [-0.4, -0.2) is 76.4 Å². The number of aromatic nitrogens is 2. The van der Waals surface area contributed by atoms with E-state index in [1.54, 1.807) is 6.07 Å². The largest absolute Gasteiger partial charge is 0.346 e. The normalized spacial score (nSPS) is 26.8. The van der Waals surface area contributed by atoms with Crippen molar-refractivity contribution in [1.29, 1.82) is 0 Å². The van der Waals surface area contributed by atoms with E-state index >= 15 is 0 Å². The first kappa shape index (κ1) is 17.1. The Morgan fingerprint density at radius 3 is 2.75 bits per heavy atom. The van der Waals surface area contributed by atoms with Gasteiger partial charge in [0.1, 0.15) is 5.82 Å². The first-order valence-electron chi connectivity index (χ1n) is 8.62. The van der Waals surface area contributed by atoms with Crippen LogP contribution >= 0.6 is 0 Å². The number of aryl methyl sites for hydroxylation is 1. The molecule has 1 atom stereocenters. The minimum atomic E-state index is -0.0944. The van der Waals surface area contributed by atoms with E-state index in [-0.39, 0.29) is 17.0 Å². The summed E-state index contributed by atoms with van der Waals surface area (Å²) in [6, 6.07) is 1.59. The van der Waals surface area contributed by atoms with E-state index in [9.17, 15) is 9.59 Å². The molecule has 1 aromatic heterocycles. The van der Waals surface area contributed by atoms with Gasteiger partial charge in [0.15, 0.2) is 0 Å². The maximum absolute atomic E-state index is 12.0. The van der Waals surface area contributed by atoms with Crippen molar-refractivity contribution in [2.75, 3.05) is 40.3 Å². The number of piperazine rings is 1. The highest BCUT2D eigenvalue weighted by Gasteiger charge is 2.41. The van der Waals surface area contributed by atoms with E-state index < -0.39 is 0 Å². The number of H-pyrrole nitrogens is 1.